The Morgan fingerprint density at radius 1 is 1.32 bits per heavy atom. The molecule has 1 atom stereocenters. The molecule has 2 amide bonds. The molecule has 0 saturated heterocycles. The highest BCUT2D eigenvalue weighted by Crippen LogP contribution is 2.22. The van der Waals surface area contributed by atoms with Crippen molar-refractivity contribution in [2.75, 3.05) is 0 Å². The number of rotatable bonds is 6. The third kappa shape index (κ3) is 3.37. The molecule has 0 bridgehead atoms. The van der Waals surface area contributed by atoms with Crippen LogP contribution in [0.5, 0.6) is 0 Å². The molecule has 118 valence electrons. The summed E-state index contributed by atoms with van der Waals surface area (Å²) in [6.07, 6.45) is 3.30. The lowest BCUT2D eigenvalue weighted by atomic mass is 10.1. The summed E-state index contributed by atoms with van der Waals surface area (Å²) in [6, 6.07) is 6.26. The lowest BCUT2D eigenvalue weighted by molar-refractivity contribution is 0.0673. The van der Waals surface area contributed by atoms with Crippen LogP contribution in [0.2, 0.25) is 0 Å². The topological polar surface area (TPSA) is 96.5 Å². The molecule has 0 aliphatic rings. The monoisotopic (exact) mass is 305 g/mol. The van der Waals surface area contributed by atoms with E-state index in [-0.39, 0.29) is 17.7 Å². The first-order valence-corrected chi connectivity index (χ1v) is 7.03. The van der Waals surface area contributed by atoms with Crippen LogP contribution in [0.1, 0.15) is 52.6 Å². The van der Waals surface area contributed by atoms with Crippen molar-refractivity contribution < 1.29 is 19.2 Å². The van der Waals surface area contributed by atoms with E-state index in [0.29, 0.717) is 17.9 Å². The summed E-state index contributed by atoms with van der Waals surface area (Å²) in [5.41, 5.74) is 2.06. The summed E-state index contributed by atoms with van der Waals surface area (Å²) in [4.78, 5) is 23.6. The summed E-state index contributed by atoms with van der Waals surface area (Å²) in [5, 5.41) is 11.5. The zero-order chi connectivity index (χ0) is 16.1. The molecule has 2 heterocycles. The molecule has 0 aliphatic carbocycles. The molecule has 2 aromatic rings. The molecule has 7 nitrogen and oxygen atoms in total. The highest BCUT2D eigenvalue weighted by Gasteiger charge is 2.21. The molecule has 0 unspecified atom stereocenters. The van der Waals surface area contributed by atoms with Gasteiger partial charge >= 0.3 is 5.91 Å². The third-order valence-electron chi connectivity index (χ3n) is 3.35. The first kappa shape index (κ1) is 15.8. The van der Waals surface area contributed by atoms with E-state index in [1.807, 2.05) is 6.92 Å². The van der Waals surface area contributed by atoms with Gasteiger partial charge in [-0.05, 0) is 30.7 Å². The van der Waals surface area contributed by atoms with Crippen LogP contribution in [-0.4, -0.2) is 21.6 Å². The van der Waals surface area contributed by atoms with Crippen LogP contribution in [0.25, 0.3) is 0 Å². The maximum atomic E-state index is 12.3. The van der Waals surface area contributed by atoms with Crippen molar-refractivity contribution >= 4 is 11.8 Å². The zero-order valence-corrected chi connectivity index (χ0v) is 12.5. The molecule has 7 heteroatoms. The largest absolute Gasteiger partial charge is 0.454 e. The fraction of sp³-hybridized carbons (Fsp3) is 0.333. The van der Waals surface area contributed by atoms with Gasteiger partial charge in [0.05, 0.1) is 6.04 Å². The average molecular weight is 305 g/mol. The van der Waals surface area contributed by atoms with E-state index in [9.17, 15) is 9.59 Å². The third-order valence-corrected chi connectivity index (χ3v) is 3.35. The summed E-state index contributed by atoms with van der Waals surface area (Å²) in [7, 11) is 1.79. The van der Waals surface area contributed by atoms with Crippen LogP contribution >= 0.6 is 0 Å². The van der Waals surface area contributed by atoms with E-state index in [0.717, 1.165) is 6.42 Å². The molecule has 0 aromatic carbocycles. The second kappa shape index (κ2) is 6.95. The minimum absolute atomic E-state index is 0.00767. The van der Waals surface area contributed by atoms with E-state index in [1.165, 1.54) is 11.5 Å². The van der Waals surface area contributed by atoms with Crippen molar-refractivity contribution in [1.82, 2.24) is 15.4 Å². The van der Waals surface area contributed by atoms with E-state index in [4.69, 9.17) is 9.62 Å². The van der Waals surface area contributed by atoms with Crippen molar-refractivity contribution in [3.8, 4) is 0 Å². The second-order valence-electron chi connectivity index (χ2n) is 4.96. The zero-order valence-electron chi connectivity index (χ0n) is 12.5. The number of aryl methyl sites for hydroxylation is 1. The summed E-state index contributed by atoms with van der Waals surface area (Å²) < 4.78 is 7.13. The number of carbonyl (C=O) groups excluding carboxylic acids is 2. The Balaban J connectivity index is 2.16. The Bertz CT molecular complexity index is 659. The normalized spacial score (nSPS) is 12.0. The number of hydrogen-bond acceptors (Lipinski definition) is 4. The van der Waals surface area contributed by atoms with Crippen molar-refractivity contribution in [2.24, 2.45) is 7.05 Å². The molecule has 0 spiro atoms. The predicted molar refractivity (Wildman–Crippen MR) is 78.5 cm³/mol. The molecule has 0 saturated carbocycles. The van der Waals surface area contributed by atoms with E-state index in [1.54, 1.807) is 36.0 Å². The van der Waals surface area contributed by atoms with Gasteiger partial charge < -0.3 is 14.3 Å². The van der Waals surface area contributed by atoms with Crippen LogP contribution in [0.4, 0.5) is 0 Å². The molecule has 3 N–H and O–H groups in total. The summed E-state index contributed by atoms with van der Waals surface area (Å²) in [5.74, 6) is -0.472. The van der Waals surface area contributed by atoms with Gasteiger partial charge in [0.1, 0.15) is 11.5 Å². The molecule has 22 heavy (non-hydrogen) atoms. The second-order valence-corrected chi connectivity index (χ2v) is 4.96. The van der Waals surface area contributed by atoms with E-state index in [2.05, 4.69) is 5.32 Å². The van der Waals surface area contributed by atoms with Gasteiger partial charge in [-0.25, -0.2) is 5.48 Å². The lowest BCUT2D eigenvalue weighted by Crippen LogP contribution is -2.29. The van der Waals surface area contributed by atoms with Crippen LogP contribution in [0.3, 0.4) is 0 Å². The highest BCUT2D eigenvalue weighted by atomic mass is 16.5. The molecule has 0 radical (unpaired) electrons. The molecule has 2 rings (SSSR count). The molecule has 0 aliphatic heterocycles. The minimum atomic E-state index is -0.727. The average Bonchev–Trinajstić information content (AvgIpc) is 3.14. The first-order chi connectivity index (χ1) is 10.6. The van der Waals surface area contributed by atoms with Gasteiger partial charge in [-0.15, -0.1) is 0 Å². The van der Waals surface area contributed by atoms with Crippen molar-refractivity contribution in [2.45, 2.75) is 25.8 Å². The SMILES string of the molecule is CCC[C@H](NC(=O)c1cccn1C)c1ccc(C(=O)NO)o1. The van der Waals surface area contributed by atoms with Gasteiger partial charge in [-0.1, -0.05) is 13.3 Å². The molecule has 0 fully saturated rings. The predicted octanol–water partition coefficient (Wildman–Crippen LogP) is 2.01. The molecular formula is C15H19N3O4. The van der Waals surface area contributed by atoms with E-state index >= 15 is 0 Å². The summed E-state index contributed by atoms with van der Waals surface area (Å²) in [6.45, 7) is 1.99. The van der Waals surface area contributed by atoms with Gasteiger partial charge in [0, 0.05) is 13.2 Å². The van der Waals surface area contributed by atoms with Crippen LogP contribution < -0.4 is 10.8 Å². The maximum absolute atomic E-state index is 12.3. The van der Waals surface area contributed by atoms with Crippen LogP contribution in [-0.2, 0) is 7.05 Å². The van der Waals surface area contributed by atoms with Crippen LogP contribution in [0.15, 0.2) is 34.9 Å². The Hall–Kier alpha value is -2.54. The Morgan fingerprint density at radius 2 is 2.09 bits per heavy atom. The van der Waals surface area contributed by atoms with Gasteiger partial charge in [-0.2, -0.15) is 0 Å². The number of amides is 2. The summed E-state index contributed by atoms with van der Waals surface area (Å²) >= 11 is 0. The quantitative estimate of drug-likeness (QED) is 0.562. The Morgan fingerprint density at radius 3 is 2.68 bits per heavy atom. The van der Waals surface area contributed by atoms with Gasteiger partial charge in [0.15, 0.2) is 5.76 Å². The number of carbonyl (C=O) groups is 2. The number of aromatic nitrogens is 1. The van der Waals surface area contributed by atoms with Gasteiger partial charge in [-0.3, -0.25) is 14.8 Å². The van der Waals surface area contributed by atoms with E-state index < -0.39 is 5.91 Å². The Labute approximate surface area is 127 Å². The maximum Gasteiger partial charge on any atom is 0.310 e. The smallest absolute Gasteiger partial charge is 0.310 e. The molecular weight excluding hydrogens is 286 g/mol. The molecule has 2 aromatic heterocycles. The van der Waals surface area contributed by atoms with Crippen molar-refractivity contribution in [1.29, 1.82) is 0 Å². The van der Waals surface area contributed by atoms with Crippen molar-refractivity contribution in [3.05, 3.63) is 47.7 Å². The minimum Gasteiger partial charge on any atom is -0.454 e. The fourth-order valence-electron chi connectivity index (χ4n) is 2.22. The highest BCUT2D eigenvalue weighted by molar-refractivity contribution is 5.93. The standard InChI is InChI=1S/C15H19N3O4/c1-3-5-10(12-7-8-13(22-12)15(20)17-21)16-14(19)11-6-4-9-18(11)2/h4,6-10,21H,3,5H2,1-2H3,(H,16,19)(H,17,20)/t10-/m0/s1. The Kier molecular flexibility index (Phi) is 5.00. The number of furan rings is 1. The number of nitrogens with one attached hydrogen (secondary N) is 2. The van der Waals surface area contributed by atoms with Gasteiger partial charge in [0.2, 0.25) is 0 Å². The number of hydrogen-bond donors (Lipinski definition) is 3. The fourth-order valence-corrected chi connectivity index (χ4v) is 2.22. The van der Waals surface area contributed by atoms with Crippen molar-refractivity contribution in [3.63, 3.8) is 0 Å². The lowest BCUT2D eigenvalue weighted by Gasteiger charge is -2.16. The number of hydroxylamine groups is 1. The first-order valence-electron chi connectivity index (χ1n) is 7.03. The van der Waals surface area contributed by atoms with Gasteiger partial charge in [0.25, 0.3) is 5.91 Å². The van der Waals surface area contributed by atoms with Crippen LogP contribution in [0, 0.1) is 0 Å². The number of nitrogens with zero attached hydrogens (tertiary/aromatic N) is 1.